The maximum Gasteiger partial charge on any atom is 0.270 e. The summed E-state index contributed by atoms with van der Waals surface area (Å²) in [6.45, 7) is 0.553. The highest BCUT2D eigenvalue weighted by atomic mass is 35.5. The number of carbonyl (C=O) groups excluding carboxylic acids is 1. The molecule has 0 atom stereocenters. The van der Waals surface area contributed by atoms with Crippen molar-refractivity contribution >= 4 is 34.0 Å². The molecule has 18 heavy (non-hydrogen) atoms. The molecule has 3 N–H and O–H groups in total. The largest absolute Gasteiger partial charge is 0.375 e. The highest BCUT2D eigenvalue weighted by Gasteiger charge is 2.08. The SMILES string of the molecule is Nc1nc(C(=O)NCCc2ccc(Cl)cc2)cs1. The van der Waals surface area contributed by atoms with Crippen LogP contribution in [0.1, 0.15) is 16.1 Å². The van der Waals surface area contributed by atoms with Gasteiger partial charge >= 0.3 is 0 Å². The van der Waals surface area contributed by atoms with Gasteiger partial charge in [0.15, 0.2) is 5.13 Å². The minimum Gasteiger partial charge on any atom is -0.375 e. The van der Waals surface area contributed by atoms with Gasteiger partial charge in [0, 0.05) is 16.9 Å². The monoisotopic (exact) mass is 281 g/mol. The zero-order valence-corrected chi connectivity index (χ0v) is 11.1. The van der Waals surface area contributed by atoms with Crippen molar-refractivity contribution in [3.63, 3.8) is 0 Å². The first-order valence-corrected chi connectivity index (χ1v) is 6.64. The molecule has 0 aliphatic heterocycles. The van der Waals surface area contributed by atoms with Gasteiger partial charge in [0.1, 0.15) is 5.69 Å². The predicted molar refractivity (Wildman–Crippen MR) is 74.0 cm³/mol. The van der Waals surface area contributed by atoms with Gasteiger partial charge in [-0.1, -0.05) is 23.7 Å². The fourth-order valence-electron chi connectivity index (χ4n) is 1.45. The van der Waals surface area contributed by atoms with E-state index in [2.05, 4.69) is 10.3 Å². The molecule has 2 rings (SSSR count). The molecule has 0 saturated carbocycles. The Morgan fingerprint density at radius 1 is 1.39 bits per heavy atom. The molecule has 0 aliphatic carbocycles. The van der Waals surface area contributed by atoms with Gasteiger partial charge in [0.05, 0.1) is 0 Å². The summed E-state index contributed by atoms with van der Waals surface area (Å²) in [5.74, 6) is -0.197. The number of anilines is 1. The lowest BCUT2D eigenvalue weighted by Crippen LogP contribution is -2.25. The van der Waals surface area contributed by atoms with Crippen LogP contribution in [-0.4, -0.2) is 17.4 Å². The molecule has 0 spiro atoms. The molecule has 6 heteroatoms. The Kier molecular flexibility index (Phi) is 4.17. The van der Waals surface area contributed by atoms with Gasteiger partial charge in [-0.15, -0.1) is 11.3 Å². The number of benzene rings is 1. The number of halogens is 1. The van der Waals surface area contributed by atoms with Crippen molar-refractivity contribution in [1.29, 1.82) is 0 Å². The maximum absolute atomic E-state index is 11.7. The van der Waals surface area contributed by atoms with E-state index < -0.39 is 0 Å². The van der Waals surface area contributed by atoms with Crippen molar-refractivity contribution in [3.8, 4) is 0 Å². The van der Waals surface area contributed by atoms with E-state index in [1.807, 2.05) is 24.3 Å². The van der Waals surface area contributed by atoms with Crippen LogP contribution in [0, 0.1) is 0 Å². The number of nitrogens with two attached hydrogens (primary N) is 1. The number of carbonyl (C=O) groups is 1. The minimum absolute atomic E-state index is 0.197. The summed E-state index contributed by atoms with van der Waals surface area (Å²) in [5.41, 5.74) is 6.96. The summed E-state index contributed by atoms with van der Waals surface area (Å²) in [5, 5.41) is 5.55. The molecule has 4 nitrogen and oxygen atoms in total. The van der Waals surface area contributed by atoms with Crippen LogP contribution in [0.25, 0.3) is 0 Å². The quantitative estimate of drug-likeness (QED) is 0.904. The van der Waals surface area contributed by atoms with Gasteiger partial charge in [-0.05, 0) is 24.1 Å². The standard InChI is InChI=1S/C12H12ClN3OS/c13-9-3-1-8(2-4-9)5-6-15-11(17)10-7-18-12(14)16-10/h1-4,7H,5-6H2,(H2,14,16)(H,15,17). The average Bonchev–Trinajstić information content (AvgIpc) is 2.78. The summed E-state index contributed by atoms with van der Waals surface area (Å²) < 4.78 is 0. The van der Waals surface area contributed by atoms with Crippen LogP contribution < -0.4 is 11.1 Å². The molecule has 0 unspecified atom stereocenters. The number of aromatic nitrogens is 1. The van der Waals surface area contributed by atoms with Crippen molar-refractivity contribution in [3.05, 3.63) is 45.9 Å². The molecule has 2 aromatic rings. The molecule has 0 aliphatic rings. The zero-order chi connectivity index (χ0) is 13.0. The zero-order valence-electron chi connectivity index (χ0n) is 9.52. The Morgan fingerprint density at radius 2 is 2.11 bits per heavy atom. The van der Waals surface area contributed by atoms with E-state index >= 15 is 0 Å². The number of amides is 1. The molecule has 94 valence electrons. The summed E-state index contributed by atoms with van der Waals surface area (Å²) in [6, 6.07) is 7.55. The predicted octanol–water partition coefficient (Wildman–Crippen LogP) is 2.35. The lowest BCUT2D eigenvalue weighted by atomic mass is 10.1. The third-order valence-corrected chi connectivity index (χ3v) is 3.29. The van der Waals surface area contributed by atoms with Gasteiger partial charge in [-0.2, -0.15) is 0 Å². The number of nitrogens with zero attached hydrogens (tertiary/aromatic N) is 1. The van der Waals surface area contributed by atoms with Crippen molar-refractivity contribution in [2.45, 2.75) is 6.42 Å². The Bertz CT molecular complexity index is 539. The molecule has 1 aromatic heterocycles. The fraction of sp³-hybridized carbons (Fsp3) is 0.167. The summed E-state index contributed by atoms with van der Waals surface area (Å²) >= 11 is 7.05. The first-order chi connectivity index (χ1) is 8.65. The second-order valence-electron chi connectivity index (χ2n) is 3.70. The van der Waals surface area contributed by atoms with E-state index in [1.165, 1.54) is 11.3 Å². The lowest BCUT2D eigenvalue weighted by molar-refractivity contribution is 0.0950. The van der Waals surface area contributed by atoms with Crippen LogP contribution in [0.5, 0.6) is 0 Å². The average molecular weight is 282 g/mol. The second-order valence-corrected chi connectivity index (χ2v) is 5.03. The van der Waals surface area contributed by atoms with E-state index in [0.717, 1.165) is 12.0 Å². The molecule has 0 bridgehead atoms. The minimum atomic E-state index is -0.197. The normalized spacial score (nSPS) is 10.3. The molecule has 1 amide bonds. The van der Waals surface area contributed by atoms with Gasteiger partial charge in [0.25, 0.3) is 5.91 Å². The van der Waals surface area contributed by atoms with Crippen molar-refractivity contribution < 1.29 is 4.79 Å². The highest BCUT2D eigenvalue weighted by Crippen LogP contribution is 2.11. The smallest absolute Gasteiger partial charge is 0.270 e. The molecular formula is C12H12ClN3OS. The fourth-order valence-corrected chi connectivity index (χ4v) is 2.12. The number of hydrogen-bond acceptors (Lipinski definition) is 4. The number of nitrogens with one attached hydrogen (secondary N) is 1. The number of rotatable bonds is 4. The molecule has 0 fully saturated rings. The molecular weight excluding hydrogens is 270 g/mol. The van der Waals surface area contributed by atoms with Crippen LogP contribution in [0.4, 0.5) is 5.13 Å². The van der Waals surface area contributed by atoms with E-state index in [9.17, 15) is 4.79 Å². The van der Waals surface area contributed by atoms with Crippen LogP contribution in [0.2, 0.25) is 5.02 Å². The molecule has 0 radical (unpaired) electrons. The second kappa shape index (κ2) is 5.84. The van der Waals surface area contributed by atoms with Crippen molar-refractivity contribution in [1.82, 2.24) is 10.3 Å². The van der Waals surface area contributed by atoms with E-state index in [1.54, 1.807) is 5.38 Å². The molecule has 0 saturated heterocycles. The summed E-state index contributed by atoms with van der Waals surface area (Å²) in [7, 11) is 0. The van der Waals surface area contributed by atoms with Gasteiger partial charge in [0.2, 0.25) is 0 Å². The van der Waals surface area contributed by atoms with E-state index in [0.29, 0.717) is 22.4 Å². The third kappa shape index (κ3) is 3.45. The number of thiazole rings is 1. The Balaban J connectivity index is 1.82. The third-order valence-electron chi connectivity index (χ3n) is 2.37. The van der Waals surface area contributed by atoms with Crippen molar-refractivity contribution in [2.75, 3.05) is 12.3 Å². The highest BCUT2D eigenvalue weighted by molar-refractivity contribution is 7.13. The number of nitrogen functional groups attached to an aromatic ring is 1. The van der Waals surface area contributed by atoms with E-state index in [-0.39, 0.29) is 5.91 Å². The first-order valence-electron chi connectivity index (χ1n) is 5.39. The Hall–Kier alpha value is -1.59. The van der Waals surface area contributed by atoms with Gasteiger partial charge < -0.3 is 11.1 Å². The van der Waals surface area contributed by atoms with Crippen LogP contribution in [0.15, 0.2) is 29.6 Å². The Labute approximate surface area is 114 Å². The van der Waals surface area contributed by atoms with Gasteiger partial charge in [-0.25, -0.2) is 4.98 Å². The molecule has 1 heterocycles. The van der Waals surface area contributed by atoms with Crippen LogP contribution in [-0.2, 0) is 6.42 Å². The topological polar surface area (TPSA) is 68.0 Å². The molecule has 1 aromatic carbocycles. The first kappa shape index (κ1) is 12.9. The van der Waals surface area contributed by atoms with Crippen LogP contribution >= 0.6 is 22.9 Å². The summed E-state index contributed by atoms with van der Waals surface area (Å²) in [4.78, 5) is 15.6. The van der Waals surface area contributed by atoms with Crippen molar-refractivity contribution in [2.24, 2.45) is 0 Å². The van der Waals surface area contributed by atoms with E-state index in [4.69, 9.17) is 17.3 Å². The maximum atomic E-state index is 11.7. The van der Waals surface area contributed by atoms with Crippen LogP contribution in [0.3, 0.4) is 0 Å². The summed E-state index contributed by atoms with van der Waals surface area (Å²) in [6.07, 6.45) is 0.753. The lowest BCUT2D eigenvalue weighted by Gasteiger charge is -2.03. The Morgan fingerprint density at radius 3 is 2.72 bits per heavy atom. The van der Waals surface area contributed by atoms with Gasteiger partial charge in [-0.3, -0.25) is 4.79 Å². The number of hydrogen-bond donors (Lipinski definition) is 2.